The van der Waals surface area contributed by atoms with Crippen LogP contribution < -0.4 is 5.32 Å². The van der Waals surface area contributed by atoms with E-state index in [1.807, 2.05) is 20.8 Å². The third kappa shape index (κ3) is 2.30. The molecule has 0 saturated heterocycles. The Balaban J connectivity index is 1.64. The Kier molecular flexibility index (Phi) is 3.04. The lowest BCUT2D eigenvalue weighted by molar-refractivity contribution is -0.140. The van der Waals surface area contributed by atoms with Crippen LogP contribution in [0.5, 0.6) is 0 Å². The van der Waals surface area contributed by atoms with Crippen LogP contribution in [-0.4, -0.2) is 31.7 Å². The molecule has 1 amide bonds. The highest BCUT2D eigenvalue weighted by atomic mass is 16.4. The van der Waals surface area contributed by atoms with Gasteiger partial charge in [-0.2, -0.15) is 0 Å². The van der Waals surface area contributed by atoms with Crippen LogP contribution in [0.1, 0.15) is 44.4 Å². The van der Waals surface area contributed by atoms with E-state index in [9.17, 15) is 9.59 Å². The normalized spacial score (nSPS) is 26.4. The minimum atomic E-state index is -0.905. The molecule has 3 rings (SSSR count). The quantitative estimate of drug-likeness (QED) is 0.840. The zero-order valence-electron chi connectivity index (χ0n) is 12.5. The van der Waals surface area contributed by atoms with Crippen molar-refractivity contribution in [1.29, 1.82) is 0 Å². The zero-order valence-corrected chi connectivity index (χ0v) is 12.5. The Morgan fingerprint density at radius 1 is 1.33 bits per heavy atom. The lowest BCUT2D eigenvalue weighted by Gasteiger charge is -2.08. The number of rotatable bonds is 5. The monoisotopic (exact) mass is 292 g/mol. The van der Waals surface area contributed by atoms with Crippen molar-refractivity contribution in [2.75, 3.05) is 0 Å². The van der Waals surface area contributed by atoms with E-state index in [0.29, 0.717) is 12.6 Å². The van der Waals surface area contributed by atoms with E-state index < -0.39 is 23.2 Å². The Bertz CT molecular complexity index is 603. The van der Waals surface area contributed by atoms with Crippen LogP contribution in [0.4, 0.5) is 0 Å². The van der Waals surface area contributed by atoms with Crippen LogP contribution in [0.3, 0.4) is 0 Å². The van der Waals surface area contributed by atoms with Crippen molar-refractivity contribution in [3.05, 3.63) is 11.6 Å². The van der Waals surface area contributed by atoms with Gasteiger partial charge in [0, 0.05) is 6.04 Å². The topological polar surface area (TPSA) is 97.1 Å². The number of nitrogens with zero attached hydrogens (tertiary/aromatic N) is 3. The maximum Gasteiger partial charge on any atom is 0.307 e. The standard InChI is InChI=1S/C14H20N4O3/c1-7-16-17-9(18(7)8-4-5-8)6-15-12(19)10-11(13(20)21)14(10,2)3/h8,10-11H,4-6H2,1-3H3,(H,15,19)(H,20,21)/t10-,11+/m0/s1. The fourth-order valence-corrected chi connectivity index (χ4v) is 3.21. The van der Waals surface area contributed by atoms with Gasteiger partial charge in [-0.3, -0.25) is 9.59 Å². The molecule has 2 N–H and O–H groups in total. The van der Waals surface area contributed by atoms with E-state index in [2.05, 4.69) is 20.1 Å². The molecule has 2 saturated carbocycles. The summed E-state index contributed by atoms with van der Waals surface area (Å²) < 4.78 is 2.06. The van der Waals surface area contributed by atoms with Crippen LogP contribution in [0.2, 0.25) is 0 Å². The second-order valence-corrected chi connectivity index (χ2v) is 6.60. The van der Waals surface area contributed by atoms with Gasteiger partial charge in [-0.1, -0.05) is 13.8 Å². The third-order valence-corrected chi connectivity index (χ3v) is 4.65. The number of aromatic nitrogens is 3. The molecule has 1 aromatic heterocycles. The number of carboxylic acid groups (broad SMARTS) is 1. The zero-order chi connectivity index (χ0) is 15.4. The first-order valence-electron chi connectivity index (χ1n) is 7.25. The third-order valence-electron chi connectivity index (χ3n) is 4.65. The fourth-order valence-electron chi connectivity index (χ4n) is 3.21. The number of aliphatic carboxylic acids is 1. The van der Waals surface area contributed by atoms with Crippen LogP contribution in [-0.2, 0) is 16.1 Å². The molecule has 0 aliphatic heterocycles. The molecule has 2 aliphatic rings. The van der Waals surface area contributed by atoms with Gasteiger partial charge < -0.3 is 15.0 Å². The van der Waals surface area contributed by atoms with Gasteiger partial charge in [0.2, 0.25) is 5.91 Å². The summed E-state index contributed by atoms with van der Waals surface area (Å²) >= 11 is 0. The molecular formula is C14H20N4O3. The maximum absolute atomic E-state index is 12.2. The van der Waals surface area contributed by atoms with Crippen LogP contribution in [0.25, 0.3) is 0 Å². The summed E-state index contributed by atoms with van der Waals surface area (Å²) in [5.41, 5.74) is -0.476. The van der Waals surface area contributed by atoms with Gasteiger partial charge in [-0.05, 0) is 25.2 Å². The van der Waals surface area contributed by atoms with E-state index in [1.165, 1.54) is 0 Å². The summed E-state index contributed by atoms with van der Waals surface area (Å²) in [4.78, 5) is 23.3. The second kappa shape index (κ2) is 4.54. The molecule has 0 radical (unpaired) electrons. The predicted octanol–water partition coefficient (Wildman–Crippen LogP) is 0.894. The number of hydrogen-bond donors (Lipinski definition) is 2. The van der Waals surface area contributed by atoms with Gasteiger partial charge in [0.15, 0.2) is 5.82 Å². The lowest BCUT2D eigenvalue weighted by atomic mass is 10.1. The first-order chi connectivity index (χ1) is 9.84. The number of nitrogens with one attached hydrogen (secondary N) is 1. The minimum absolute atomic E-state index is 0.213. The SMILES string of the molecule is Cc1nnc(CNC(=O)[C@@H]2[C@H](C(=O)O)C2(C)C)n1C1CC1. The van der Waals surface area contributed by atoms with Crippen molar-refractivity contribution >= 4 is 11.9 Å². The van der Waals surface area contributed by atoms with Crippen LogP contribution in [0.15, 0.2) is 0 Å². The van der Waals surface area contributed by atoms with Gasteiger partial charge in [0.25, 0.3) is 0 Å². The average molecular weight is 292 g/mol. The Labute approximate surface area is 122 Å². The molecule has 0 bridgehead atoms. The Hall–Kier alpha value is -1.92. The molecule has 2 fully saturated rings. The first-order valence-corrected chi connectivity index (χ1v) is 7.25. The molecule has 0 spiro atoms. The highest BCUT2D eigenvalue weighted by Gasteiger charge is 2.65. The number of hydrogen-bond acceptors (Lipinski definition) is 4. The van der Waals surface area contributed by atoms with Crippen molar-refractivity contribution in [3.8, 4) is 0 Å². The van der Waals surface area contributed by atoms with Gasteiger partial charge in [-0.15, -0.1) is 10.2 Å². The largest absolute Gasteiger partial charge is 0.481 e. The summed E-state index contributed by atoms with van der Waals surface area (Å²) in [6.07, 6.45) is 2.24. The smallest absolute Gasteiger partial charge is 0.307 e. The molecule has 2 atom stereocenters. The summed E-state index contributed by atoms with van der Waals surface area (Å²) in [6.45, 7) is 5.83. The van der Waals surface area contributed by atoms with Crippen LogP contribution >= 0.6 is 0 Å². The predicted molar refractivity (Wildman–Crippen MR) is 73.3 cm³/mol. The molecule has 0 unspecified atom stereocenters. The highest BCUT2D eigenvalue weighted by Crippen LogP contribution is 2.58. The van der Waals surface area contributed by atoms with E-state index in [0.717, 1.165) is 24.5 Å². The van der Waals surface area contributed by atoms with Gasteiger partial charge in [0.05, 0.1) is 18.4 Å². The van der Waals surface area contributed by atoms with E-state index in [1.54, 1.807) is 0 Å². The maximum atomic E-state index is 12.2. The lowest BCUT2D eigenvalue weighted by Crippen LogP contribution is -2.28. The molecule has 7 heteroatoms. The molecule has 7 nitrogen and oxygen atoms in total. The van der Waals surface area contributed by atoms with E-state index >= 15 is 0 Å². The van der Waals surface area contributed by atoms with Crippen molar-refractivity contribution in [1.82, 2.24) is 20.1 Å². The molecule has 1 aromatic rings. The summed E-state index contributed by atoms with van der Waals surface area (Å²) in [7, 11) is 0. The molecular weight excluding hydrogens is 272 g/mol. The summed E-state index contributed by atoms with van der Waals surface area (Å²) in [6, 6.07) is 0.455. The van der Waals surface area contributed by atoms with Gasteiger partial charge in [-0.25, -0.2) is 0 Å². The number of aryl methyl sites for hydroxylation is 1. The number of carbonyl (C=O) groups is 2. The van der Waals surface area contributed by atoms with E-state index in [-0.39, 0.29) is 5.91 Å². The molecule has 21 heavy (non-hydrogen) atoms. The van der Waals surface area contributed by atoms with Crippen molar-refractivity contribution in [2.24, 2.45) is 17.3 Å². The number of amides is 1. The van der Waals surface area contributed by atoms with Crippen molar-refractivity contribution in [2.45, 2.75) is 46.2 Å². The highest BCUT2D eigenvalue weighted by molar-refractivity contribution is 5.91. The van der Waals surface area contributed by atoms with E-state index in [4.69, 9.17) is 5.11 Å². The molecule has 1 heterocycles. The van der Waals surface area contributed by atoms with Crippen molar-refractivity contribution < 1.29 is 14.7 Å². The van der Waals surface area contributed by atoms with Crippen molar-refractivity contribution in [3.63, 3.8) is 0 Å². The first kappa shape index (κ1) is 14.0. The number of carboxylic acids is 1. The van der Waals surface area contributed by atoms with Crippen LogP contribution in [0, 0.1) is 24.2 Å². The molecule has 0 aromatic carbocycles. The second-order valence-electron chi connectivity index (χ2n) is 6.60. The van der Waals surface area contributed by atoms with Gasteiger partial charge >= 0.3 is 5.97 Å². The summed E-state index contributed by atoms with van der Waals surface area (Å²) in [5, 5.41) is 20.1. The van der Waals surface area contributed by atoms with Gasteiger partial charge in [0.1, 0.15) is 5.82 Å². The average Bonchev–Trinajstić information content (AvgIpc) is 3.27. The molecule has 114 valence electrons. The Morgan fingerprint density at radius 3 is 2.52 bits per heavy atom. The number of carbonyl (C=O) groups excluding carboxylic acids is 1. The minimum Gasteiger partial charge on any atom is -0.481 e. The molecule has 2 aliphatic carbocycles. The fraction of sp³-hybridized carbons (Fsp3) is 0.714. The Morgan fingerprint density at radius 2 is 2.00 bits per heavy atom. The summed E-state index contributed by atoms with van der Waals surface area (Å²) in [5.74, 6) is -0.577.